The molecule has 0 spiro atoms. The fourth-order valence-electron chi connectivity index (χ4n) is 4.51. The van der Waals surface area contributed by atoms with Crippen LogP contribution < -0.4 is 9.47 Å². The van der Waals surface area contributed by atoms with Crippen molar-refractivity contribution in [2.75, 3.05) is 6.79 Å². The molecule has 0 unspecified atom stereocenters. The number of ether oxygens (including phenoxy) is 2. The molecule has 0 radical (unpaired) electrons. The zero-order valence-electron chi connectivity index (χ0n) is 17.9. The molecule has 7 nitrogen and oxygen atoms in total. The van der Waals surface area contributed by atoms with E-state index in [1.54, 1.807) is 18.2 Å². The molecule has 0 N–H and O–H groups in total. The van der Waals surface area contributed by atoms with Gasteiger partial charge in [0.1, 0.15) is 5.82 Å². The highest BCUT2D eigenvalue weighted by Crippen LogP contribution is 2.35. The normalized spacial score (nSPS) is 14.1. The average Bonchev–Trinajstić information content (AvgIpc) is 3.55. The quantitative estimate of drug-likeness (QED) is 0.494. The van der Waals surface area contributed by atoms with E-state index in [0.29, 0.717) is 30.2 Å². The van der Waals surface area contributed by atoms with Crippen LogP contribution in [-0.2, 0) is 13.1 Å². The van der Waals surface area contributed by atoms with E-state index in [1.807, 2.05) is 34.1 Å². The van der Waals surface area contributed by atoms with Gasteiger partial charge in [0.2, 0.25) is 6.79 Å². The van der Waals surface area contributed by atoms with Crippen molar-refractivity contribution in [2.24, 2.45) is 0 Å². The standard InChI is InChI=1S/C25H22N4O3/c1-16-5-7-21(17(2)11-16)29-24(27-9-3-4-10-27)19-13-28(14-20(19)26-29)25(30)18-6-8-22-23(12-18)32-15-31-22/h3-12H,13-15H2,1-2H3. The number of aromatic nitrogens is 3. The molecule has 4 aromatic rings. The van der Waals surface area contributed by atoms with Gasteiger partial charge in [-0.05, 0) is 55.8 Å². The van der Waals surface area contributed by atoms with Crippen molar-refractivity contribution >= 4 is 5.91 Å². The molecule has 160 valence electrons. The number of carbonyl (C=O) groups excluding carboxylic acids is 1. The van der Waals surface area contributed by atoms with Crippen LogP contribution in [-0.4, -0.2) is 31.9 Å². The number of amides is 1. The van der Waals surface area contributed by atoms with Gasteiger partial charge >= 0.3 is 0 Å². The molecule has 0 aliphatic carbocycles. The summed E-state index contributed by atoms with van der Waals surface area (Å²) in [7, 11) is 0. The lowest BCUT2D eigenvalue weighted by Gasteiger charge is -2.18. The zero-order valence-corrected chi connectivity index (χ0v) is 17.9. The van der Waals surface area contributed by atoms with Gasteiger partial charge in [0.15, 0.2) is 11.5 Å². The maximum Gasteiger partial charge on any atom is 0.254 e. The number of hydrogen-bond donors (Lipinski definition) is 0. The van der Waals surface area contributed by atoms with Gasteiger partial charge in [-0.3, -0.25) is 4.79 Å². The third kappa shape index (κ3) is 2.89. The molecule has 0 atom stereocenters. The van der Waals surface area contributed by atoms with Gasteiger partial charge in [0.25, 0.3) is 5.91 Å². The Balaban J connectivity index is 1.38. The van der Waals surface area contributed by atoms with Crippen molar-refractivity contribution in [3.05, 3.63) is 88.9 Å². The molecule has 6 rings (SSSR count). The van der Waals surface area contributed by atoms with E-state index in [1.165, 1.54) is 5.56 Å². The second kappa shape index (κ2) is 7.02. The minimum absolute atomic E-state index is 0.0437. The van der Waals surface area contributed by atoms with Crippen molar-refractivity contribution in [1.29, 1.82) is 0 Å². The Hall–Kier alpha value is -4.00. The van der Waals surface area contributed by atoms with Crippen LogP contribution in [0.5, 0.6) is 11.5 Å². The molecule has 1 amide bonds. The number of nitrogens with zero attached hydrogens (tertiary/aromatic N) is 4. The minimum Gasteiger partial charge on any atom is -0.454 e. The number of fused-ring (bicyclic) bond motifs is 2. The molecule has 0 bridgehead atoms. The topological polar surface area (TPSA) is 61.5 Å². The van der Waals surface area contributed by atoms with Crippen LogP contribution >= 0.6 is 0 Å². The van der Waals surface area contributed by atoms with Gasteiger partial charge < -0.3 is 18.9 Å². The number of hydrogen-bond acceptors (Lipinski definition) is 4. The van der Waals surface area contributed by atoms with Gasteiger partial charge in [-0.2, -0.15) is 5.10 Å². The lowest BCUT2D eigenvalue weighted by Crippen LogP contribution is -2.26. The predicted octanol–water partition coefficient (Wildman–Crippen LogP) is 4.16. The fraction of sp³-hybridized carbons (Fsp3) is 0.200. The Bertz CT molecular complexity index is 1350. The van der Waals surface area contributed by atoms with Crippen molar-refractivity contribution in [1.82, 2.24) is 19.2 Å². The van der Waals surface area contributed by atoms with Crippen molar-refractivity contribution in [3.63, 3.8) is 0 Å². The summed E-state index contributed by atoms with van der Waals surface area (Å²) in [5, 5.41) is 4.95. The monoisotopic (exact) mass is 426 g/mol. The highest BCUT2D eigenvalue weighted by molar-refractivity contribution is 5.95. The van der Waals surface area contributed by atoms with E-state index in [0.717, 1.165) is 28.3 Å². The van der Waals surface area contributed by atoms with Crippen LogP contribution in [0.3, 0.4) is 0 Å². The summed E-state index contributed by atoms with van der Waals surface area (Å²) in [6.07, 6.45) is 4.03. The average molecular weight is 426 g/mol. The highest BCUT2D eigenvalue weighted by atomic mass is 16.7. The highest BCUT2D eigenvalue weighted by Gasteiger charge is 2.32. The molecular formula is C25H22N4O3. The number of benzene rings is 2. The third-order valence-electron chi connectivity index (χ3n) is 6.07. The first-order chi connectivity index (χ1) is 15.6. The molecule has 0 saturated carbocycles. The summed E-state index contributed by atoms with van der Waals surface area (Å²) < 4.78 is 14.9. The van der Waals surface area contributed by atoms with Gasteiger partial charge in [-0.25, -0.2) is 4.68 Å². The lowest BCUT2D eigenvalue weighted by molar-refractivity contribution is 0.0749. The number of aryl methyl sites for hydroxylation is 2. The van der Waals surface area contributed by atoms with Crippen LogP contribution in [0.2, 0.25) is 0 Å². The van der Waals surface area contributed by atoms with Crippen molar-refractivity contribution < 1.29 is 14.3 Å². The molecule has 2 aromatic carbocycles. The maximum atomic E-state index is 13.2. The van der Waals surface area contributed by atoms with Crippen LogP contribution in [0, 0.1) is 13.8 Å². The Morgan fingerprint density at radius 2 is 1.78 bits per heavy atom. The summed E-state index contributed by atoms with van der Waals surface area (Å²) in [4.78, 5) is 15.1. The van der Waals surface area contributed by atoms with Crippen molar-refractivity contribution in [3.8, 4) is 23.0 Å². The predicted molar refractivity (Wildman–Crippen MR) is 119 cm³/mol. The van der Waals surface area contributed by atoms with Gasteiger partial charge in [0.05, 0.1) is 24.5 Å². The van der Waals surface area contributed by atoms with Crippen molar-refractivity contribution in [2.45, 2.75) is 26.9 Å². The third-order valence-corrected chi connectivity index (χ3v) is 6.07. The first-order valence-corrected chi connectivity index (χ1v) is 10.6. The first-order valence-electron chi connectivity index (χ1n) is 10.6. The van der Waals surface area contributed by atoms with E-state index in [2.05, 4.69) is 36.6 Å². The molecule has 0 fully saturated rings. The van der Waals surface area contributed by atoms with Gasteiger partial charge in [-0.1, -0.05) is 17.7 Å². The molecule has 2 aliphatic rings. The summed E-state index contributed by atoms with van der Waals surface area (Å²) in [5.74, 6) is 2.21. The maximum absolute atomic E-state index is 13.2. The number of rotatable bonds is 3. The largest absolute Gasteiger partial charge is 0.454 e. The van der Waals surface area contributed by atoms with E-state index < -0.39 is 0 Å². The molecule has 2 aliphatic heterocycles. The van der Waals surface area contributed by atoms with E-state index >= 15 is 0 Å². The first kappa shape index (κ1) is 18.7. The molecular weight excluding hydrogens is 404 g/mol. The Labute approximate surface area is 185 Å². The molecule has 4 heterocycles. The Morgan fingerprint density at radius 1 is 0.969 bits per heavy atom. The summed E-state index contributed by atoms with van der Waals surface area (Å²) >= 11 is 0. The molecule has 32 heavy (non-hydrogen) atoms. The van der Waals surface area contributed by atoms with Crippen LogP contribution in [0.4, 0.5) is 0 Å². The number of carbonyl (C=O) groups is 1. The van der Waals surface area contributed by atoms with Crippen LogP contribution in [0.25, 0.3) is 11.5 Å². The van der Waals surface area contributed by atoms with E-state index in [4.69, 9.17) is 14.6 Å². The molecule has 2 aromatic heterocycles. The summed E-state index contributed by atoms with van der Waals surface area (Å²) in [5.41, 5.74) is 5.99. The Morgan fingerprint density at radius 3 is 2.59 bits per heavy atom. The second-order valence-corrected chi connectivity index (χ2v) is 8.27. The smallest absolute Gasteiger partial charge is 0.254 e. The van der Waals surface area contributed by atoms with E-state index in [9.17, 15) is 4.79 Å². The minimum atomic E-state index is -0.0437. The zero-order chi connectivity index (χ0) is 21.8. The second-order valence-electron chi connectivity index (χ2n) is 8.27. The van der Waals surface area contributed by atoms with Crippen LogP contribution in [0.15, 0.2) is 60.9 Å². The van der Waals surface area contributed by atoms with Crippen LogP contribution in [0.1, 0.15) is 32.7 Å². The van der Waals surface area contributed by atoms with Gasteiger partial charge in [0, 0.05) is 23.5 Å². The molecule has 0 saturated heterocycles. The Kier molecular flexibility index (Phi) is 4.11. The summed E-state index contributed by atoms with van der Waals surface area (Å²) in [6, 6.07) is 15.7. The summed E-state index contributed by atoms with van der Waals surface area (Å²) in [6.45, 7) is 5.35. The fourth-order valence-corrected chi connectivity index (χ4v) is 4.51. The SMILES string of the molecule is Cc1ccc(-n2nc3c(c2-n2cccc2)CN(C(=O)c2ccc4c(c2)OCO4)C3)c(C)c1. The molecule has 7 heteroatoms. The van der Waals surface area contributed by atoms with E-state index in [-0.39, 0.29) is 12.7 Å². The lowest BCUT2D eigenvalue weighted by atomic mass is 10.1. The van der Waals surface area contributed by atoms with Gasteiger partial charge in [-0.15, -0.1) is 0 Å².